The zero-order chi connectivity index (χ0) is 12.1. The second kappa shape index (κ2) is 3.59. The van der Waals surface area contributed by atoms with Crippen molar-refractivity contribution in [2.75, 3.05) is 0 Å². The van der Waals surface area contributed by atoms with E-state index in [1.807, 2.05) is 32.9 Å². The standard InChI is InChI=1S/C13H15BrO2/c1-7-4-8(6-9(14)5-7)10-11(12(15)16)13(10,2)3/h4-6,10-11H,1-3H3,(H,15,16)/t10-,11+/m1/s1. The van der Waals surface area contributed by atoms with Crippen LogP contribution in [0.25, 0.3) is 0 Å². The van der Waals surface area contributed by atoms with Crippen LogP contribution in [0.5, 0.6) is 0 Å². The molecule has 0 amide bonds. The Morgan fingerprint density at radius 3 is 2.44 bits per heavy atom. The number of carboxylic acids is 1. The van der Waals surface area contributed by atoms with E-state index < -0.39 is 5.97 Å². The Balaban J connectivity index is 2.37. The highest BCUT2D eigenvalue weighted by Crippen LogP contribution is 2.64. The molecule has 1 aromatic carbocycles. The molecule has 2 rings (SSSR count). The average Bonchev–Trinajstić information content (AvgIpc) is 2.67. The lowest BCUT2D eigenvalue weighted by Gasteiger charge is -2.05. The van der Waals surface area contributed by atoms with Gasteiger partial charge in [-0.05, 0) is 35.6 Å². The topological polar surface area (TPSA) is 37.3 Å². The molecule has 1 fully saturated rings. The third kappa shape index (κ3) is 1.77. The lowest BCUT2D eigenvalue weighted by atomic mass is 10.0. The summed E-state index contributed by atoms with van der Waals surface area (Å²) in [4.78, 5) is 11.1. The van der Waals surface area contributed by atoms with Crippen molar-refractivity contribution in [1.29, 1.82) is 0 Å². The first kappa shape index (κ1) is 11.6. The molecule has 2 atom stereocenters. The minimum Gasteiger partial charge on any atom is -0.481 e. The van der Waals surface area contributed by atoms with E-state index in [4.69, 9.17) is 5.11 Å². The van der Waals surface area contributed by atoms with Crippen LogP contribution in [0.2, 0.25) is 0 Å². The van der Waals surface area contributed by atoms with Crippen LogP contribution in [0.4, 0.5) is 0 Å². The van der Waals surface area contributed by atoms with Crippen molar-refractivity contribution in [1.82, 2.24) is 0 Å². The number of carbonyl (C=O) groups is 1. The highest BCUT2D eigenvalue weighted by molar-refractivity contribution is 9.10. The van der Waals surface area contributed by atoms with Gasteiger partial charge in [0.15, 0.2) is 0 Å². The molecule has 3 heteroatoms. The molecule has 0 saturated heterocycles. The maximum Gasteiger partial charge on any atom is 0.307 e. The van der Waals surface area contributed by atoms with Crippen molar-refractivity contribution in [3.8, 4) is 0 Å². The molecule has 2 nitrogen and oxygen atoms in total. The van der Waals surface area contributed by atoms with Crippen LogP contribution in [-0.4, -0.2) is 11.1 Å². The summed E-state index contributed by atoms with van der Waals surface area (Å²) in [5, 5.41) is 9.15. The number of carboxylic acid groups (broad SMARTS) is 1. The maximum absolute atomic E-state index is 11.1. The monoisotopic (exact) mass is 282 g/mol. The van der Waals surface area contributed by atoms with E-state index in [1.54, 1.807) is 0 Å². The van der Waals surface area contributed by atoms with Crippen molar-refractivity contribution in [2.24, 2.45) is 11.3 Å². The number of aliphatic carboxylic acids is 1. The molecule has 86 valence electrons. The normalized spacial score (nSPS) is 26.5. The van der Waals surface area contributed by atoms with Crippen LogP contribution in [0.3, 0.4) is 0 Å². The summed E-state index contributed by atoms with van der Waals surface area (Å²) in [6, 6.07) is 6.15. The maximum atomic E-state index is 11.1. The number of benzene rings is 1. The average molecular weight is 283 g/mol. The van der Waals surface area contributed by atoms with E-state index in [0.29, 0.717) is 0 Å². The molecule has 0 unspecified atom stereocenters. The van der Waals surface area contributed by atoms with Crippen LogP contribution in [0.15, 0.2) is 22.7 Å². The van der Waals surface area contributed by atoms with Crippen LogP contribution in [-0.2, 0) is 4.79 Å². The van der Waals surface area contributed by atoms with E-state index in [-0.39, 0.29) is 17.3 Å². The number of hydrogen-bond donors (Lipinski definition) is 1. The van der Waals surface area contributed by atoms with Gasteiger partial charge >= 0.3 is 5.97 Å². The first-order chi connectivity index (χ1) is 7.34. The highest BCUT2D eigenvalue weighted by atomic mass is 79.9. The molecule has 0 radical (unpaired) electrons. The van der Waals surface area contributed by atoms with Crippen molar-refractivity contribution in [3.63, 3.8) is 0 Å². The first-order valence-corrected chi connectivity index (χ1v) is 6.13. The molecule has 1 saturated carbocycles. The molecule has 1 N–H and O–H groups in total. The van der Waals surface area contributed by atoms with Gasteiger partial charge in [-0.15, -0.1) is 0 Å². The van der Waals surface area contributed by atoms with Crippen LogP contribution < -0.4 is 0 Å². The summed E-state index contributed by atoms with van der Waals surface area (Å²) in [6.45, 7) is 6.07. The van der Waals surface area contributed by atoms with E-state index in [2.05, 4.69) is 22.0 Å². The molecule has 16 heavy (non-hydrogen) atoms. The lowest BCUT2D eigenvalue weighted by molar-refractivity contribution is -0.139. The van der Waals surface area contributed by atoms with Crippen LogP contribution in [0, 0.1) is 18.3 Å². The number of hydrogen-bond acceptors (Lipinski definition) is 1. The lowest BCUT2D eigenvalue weighted by Crippen LogP contribution is -2.03. The van der Waals surface area contributed by atoms with Gasteiger partial charge in [-0.25, -0.2) is 0 Å². The highest BCUT2D eigenvalue weighted by Gasteiger charge is 2.62. The molecule has 0 aromatic heterocycles. The minimum absolute atomic E-state index is 0.126. The SMILES string of the molecule is Cc1cc(Br)cc([C@@H]2[C@@H](C(=O)O)C2(C)C)c1. The number of halogens is 1. The third-order valence-electron chi connectivity index (χ3n) is 3.52. The fourth-order valence-electron chi connectivity index (χ4n) is 2.66. The van der Waals surface area contributed by atoms with Gasteiger partial charge < -0.3 is 5.11 Å². The Morgan fingerprint density at radius 2 is 2.00 bits per heavy atom. The van der Waals surface area contributed by atoms with Gasteiger partial charge in [-0.3, -0.25) is 4.79 Å². The summed E-state index contributed by atoms with van der Waals surface area (Å²) in [6.07, 6.45) is 0. The summed E-state index contributed by atoms with van der Waals surface area (Å²) in [7, 11) is 0. The van der Waals surface area contributed by atoms with Gasteiger partial charge in [0.1, 0.15) is 0 Å². The predicted molar refractivity (Wildman–Crippen MR) is 66.5 cm³/mol. The first-order valence-electron chi connectivity index (χ1n) is 5.34. The van der Waals surface area contributed by atoms with E-state index in [9.17, 15) is 4.79 Å². The second-order valence-corrected chi connectivity index (χ2v) is 6.09. The fourth-order valence-corrected chi connectivity index (χ4v) is 3.29. The van der Waals surface area contributed by atoms with Gasteiger partial charge in [-0.2, -0.15) is 0 Å². The minimum atomic E-state index is -0.687. The summed E-state index contributed by atoms with van der Waals surface area (Å²) in [5.74, 6) is -0.796. The fraction of sp³-hybridized carbons (Fsp3) is 0.462. The van der Waals surface area contributed by atoms with Gasteiger partial charge in [0, 0.05) is 10.4 Å². The van der Waals surface area contributed by atoms with Crippen LogP contribution in [0.1, 0.15) is 30.9 Å². The van der Waals surface area contributed by atoms with Gasteiger partial charge in [0.2, 0.25) is 0 Å². The van der Waals surface area contributed by atoms with Crippen molar-refractivity contribution >= 4 is 21.9 Å². The van der Waals surface area contributed by atoms with Crippen molar-refractivity contribution in [2.45, 2.75) is 26.7 Å². The molecule has 0 bridgehead atoms. The Kier molecular flexibility index (Phi) is 2.61. The second-order valence-electron chi connectivity index (χ2n) is 5.18. The Hall–Kier alpha value is -0.830. The molecule has 0 aliphatic heterocycles. The zero-order valence-electron chi connectivity index (χ0n) is 9.62. The molecule has 0 heterocycles. The zero-order valence-corrected chi connectivity index (χ0v) is 11.2. The predicted octanol–water partition coefficient (Wildman–Crippen LogP) is 3.58. The summed E-state index contributed by atoms with van der Waals surface area (Å²) in [5.41, 5.74) is 2.17. The van der Waals surface area contributed by atoms with E-state index >= 15 is 0 Å². The molecule has 0 spiro atoms. The van der Waals surface area contributed by atoms with Crippen LogP contribution >= 0.6 is 15.9 Å². The molecule has 1 aliphatic carbocycles. The summed E-state index contributed by atoms with van der Waals surface area (Å²) < 4.78 is 1.02. The molecular formula is C13H15BrO2. The van der Waals surface area contributed by atoms with Crippen molar-refractivity contribution < 1.29 is 9.90 Å². The number of aryl methyl sites for hydroxylation is 1. The van der Waals surface area contributed by atoms with E-state index in [1.165, 1.54) is 0 Å². The third-order valence-corrected chi connectivity index (χ3v) is 3.97. The van der Waals surface area contributed by atoms with Gasteiger partial charge in [-0.1, -0.05) is 35.8 Å². The Labute approximate surface area is 104 Å². The Morgan fingerprint density at radius 1 is 1.38 bits per heavy atom. The van der Waals surface area contributed by atoms with Gasteiger partial charge in [0.25, 0.3) is 0 Å². The quantitative estimate of drug-likeness (QED) is 0.900. The smallest absolute Gasteiger partial charge is 0.307 e. The molecule has 1 aromatic rings. The molecule has 1 aliphatic rings. The largest absolute Gasteiger partial charge is 0.481 e. The Bertz CT molecular complexity index is 431. The molecular weight excluding hydrogens is 268 g/mol. The van der Waals surface area contributed by atoms with Crippen molar-refractivity contribution in [3.05, 3.63) is 33.8 Å². The van der Waals surface area contributed by atoms with Gasteiger partial charge in [0.05, 0.1) is 5.92 Å². The van der Waals surface area contributed by atoms with E-state index in [0.717, 1.165) is 15.6 Å². The number of rotatable bonds is 2. The summed E-state index contributed by atoms with van der Waals surface area (Å²) >= 11 is 3.46.